The molecule has 3 unspecified atom stereocenters. The Morgan fingerprint density at radius 2 is 2.06 bits per heavy atom. The molecule has 174 valence electrons. The molecule has 2 fully saturated rings. The second-order valence-corrected chi connectivity index (χ2v) is 12.0. The van der Waals surface area contributed by atoms with Crippen LogP contribution in [-0.4, -0.2) is 51.4 Å². The minimum absolute atomic E-state index is 0.0499. The van der Waals surface area contributed by atoms with Crippen LogP contribution in [-0.2, 0) is 28.9 Å². The summed E-state index contributed by atoms with van der Waals surface area (Å²) in [6.45, 7) is 7.20. The minimum atomic E-state index is -0.261. The van der Waals surface area contributed by atoms with Crippen molar-refractivity contribution in [2.75, 3.05) is 19.7 Å². The van der Waals surface area contributed by atoms with Crippen molar-refractivity contribution in [1.29, 1.82) is 0 Å². The maximum Gasteiger partial charge on any atom is 0.263 e. The molecular weight excluding hydrogens is 442 g/mol. The normalized spacial score (nSPS) is 24.6. The Bertz CT molecular complexity index is 1050. The van der Waals surface area contributed by atoms with Crippen molar-refractivity contribution in [3.8, 4) is 0 Å². The summed E-state index contributed by atoms with van der Waals surface area (Å²) >= 11 is 3.12. The Hall–Kier alpha value is -1.38. The first kappa shape index (κ1) is 22.4. The summed E-state index contributed by atoms with van der Waals surface area (Å²) in [5, 5.41) is 1.22. The summed E-state index contributed by atoms with van der Waals surface area (Å²) in [7, 11) is 0. The third-order valence-electron chi connectivity index (χ3n) is 7.09. The van der Waals surface area contributed by atoms with E-state index in [-0.39, 0.29) is 22.8 Å². The third kappa shape index (κ3) is 4.38. The van der Waals surface area contributed by atoms with Crippen molar-refractivity contribution in [2.24, 2.45) is 5.92 Å². The highest BCUT2D eigenvalue weighted by molar-refractivity contribution is 8.00. The molecule has 8 heteroatoms. The van der Waals surface area contributed by atoms with Gasteiger partial charge in [0, 0.05) is 24.6 Å². The molecule has 2 aliphatic heterocycles. The zero-order valence-corrected chi connectivity index (χ0v) is 20.7. The number of hydrogen-bond donors (Lipinski definition) is 0. The Morgan fingerprint density at radius 3 is 2.81 bits per heavy atom. The number of rotatable bonds is 5. The fourth-order valence-corrected chi connectivity index (χ4v) is 7.65. The fraction of sp³-hybridized carbons (Fsp3) is 0.708. The summed E-state index contributed by atoms with van der Waals surface area (Å²) in [5.41, 5.74) is 1.27. The van der Waals surface area contributed by atoms with E-state index >= 15 is 0 Å². The molecule has 1 amide bonds. The number of ether oxygens (including phenoxy) is 1. The molecular formula is C24H33N3O3S2. The number of thiophene rings is 1. The minimum Gasteiger partial charge on any atom is -0.376 e. The summed E-state index contributed by atoms with van der Waals surface area (Å²) < 4.78 is 7.68. The molecule has 5 rings (SSSR count). The van der Waals surface area contributed by atoms with E-state index in [4.69, 9.17) is 9.72 Å². The first-order valence-corrected chi connectivity index (χ1v) is 13.8. The van der Waals surface area contributed by atoms with E-state index in [2.05, 4.69) is 6.92 Å². The van der Waals surface area contributed by atoms with E-state index in [1.165, 1.54) is 28.6 Å². The number of amides is 1. The number of nitrogens with zero attached hydrogens (tertiary/aromatic N) is 3. The van der Waals surface area contributed by atoms with Crippen molar-refractivity contribution in [1.82, 2.24) is 14.5 Å². The number of likely N-dealkylation sites (tertiary alicyclic amines) is 1. The first-order chi connectivity index (χ1) is 15.5. The number of hydrogen-bond acceptors (Lipinski definition) is 6. The maximum atomic E-state index is 13.8. The van der Waals surface area contributed by atoms with Gasteiger partial charge in [-0.15, -0.1) is 11.3 Å². The number of aromatic nitrogens is 2. The molecule has 32 heavy (non-hydrogen) atoms. The summed E-state index contributed by atoms with van der Waals surface area (Å²) in [6, 6.07) is 0. The van der Waals surface area contributed by atoms with E-state index in [0.717, 1.165) is 74.9 Å². The molecule has 3 aliphatic rings. The van der Waals surface area contributed by atoms with Gasteiger partial charge in [0.1, 0.15) is 4.83 Å². The number of piperidine rings is 1. The van der Waals surface area contributed by atoms with Gasteiger partial charge in [0.2, 0.25) is 5.91 Å². The second-order valence-electron chi connectivity index (χ2n) is 9.62. The number of carbonyl (C=O) groups excluding carboxylic acids is 1. The summed E-state index contributed by atoms with van der Waals surface area (Å²) in [6.07, 6.45) is 8.54. The van der Waals surface area contributed by atoms with Crippen LogP contribution in [0.1, 0.15) is 62.8 Å². The SMILES string of the molecule is CC1CCc2c(sc3nc(SC(C)C(=O)N4CCCCC4)n(CC4CCCO4)c(=O)c23)C1. The van der Waals surface area contributed by atoms with Gasteiger partial charge in [-0.25, -0.2) is 4.98 Å². The number of thioether (sulfide) groups is 1. The highest BCUT2D eigenvalue weighted by Gasteiger charge is 2.29. The van der Waals surface area contributed by atoms with Gasteiger partial charge in [0.05, 0.1) is 23.3 Å². The van der Waals surface area contributed by atoms with Crippen LogP contribution >= 0.6 is 23.1 Å². The van der Waals surface area contributed by atoms with Crippen molar-refractivity contribution >= 4 is 39.2 Å². The quantitative estimate of drug-likeness (QED) is 0.478. The Balaban J connectivity index is 1.50. The highest BCUT2D eigenvalue weighted by atomic mass is 32.2. The van der Waals surface area contributed by atoms with Crippen LogP contribution in [0, 0.1) is 5.92 Å². The molecule has 0 radical (unpaired) electrons. The lowest BCUT2D eigenvalue weighted by molar-refractivity contribution is -0.131. The van der Waals surface area contributed by atoms with Gasteiger partial charge in [-0.1, -0.05) is 18.7 Å². The molecule has 3 atom stereocenters. The molecule has 2 aromatic heterocycles. The zero-order chi connectivity index (χ0) is 22.2. The van der Waals surface area contributed by atoms with Gasteiger partial charge in [-0.3, -0.25) is 14.2 Å². The highest BCUT2D eigenvalue weighted by Crippen LogP contribution is 2.37. The molecule has 0 aromatic carbocycles. The maximum absolute atomic E-state index is 13.8. The number of aryl methyl sites for hydroxylation is 1. The van der Waals surface area contributed by atoms with Crippen molar-refractivity contribution in [3.63, 3.8) is 0 Å². The molecule has 0 N–H and O–H groups in total. The van der Waals surface area contributed by atoms with Crippen molar-refractivity contribution in [2.45, 2.75) is 88.3 Å². The van der Waals surface area contributed by atoms with E-state index in [0.29, 0.717) is 17.6 Å². The molecule has 2 saturated heterocycles. The van der Waals surface area contributed by atoms with Gasteiger partial charge < -0.3 is 9.64 Å². The fourth-order valence-electron chi connectivity index (χ4n) is 5.23. The van der Waals surface area contributed by atoms with E-state index in [9.17, 15) is 9.59 Å². The van der Waals surface area contributed by atoms with E-state index < -0.39 is 0 Å². The second kappa shape index (κ2) is 9.47. The summed E-state index contributed by atoms with van der Waals surface area (Å²) in [4.78, 5) is 36.0. The van der Waals surface area contributed by atoms with Crippen LogP contribution in [0.4, 0.5) is 0 Å². The largest absolute Gasteiger partial charge is 0.376 e. The monoisotopic (exact) mass is 475 g/mol. The number of carbonyl (C=O) groups is 1. The van der Waals surface area contributed by atoms with E-state index in [1.807, 2.05) is 16.4 Å². The van der Waals surface area contributed by atoms with Gasteiger partial charge in [-0.05, 0) is 69.8 Å². The average molecular weight is 476 g/mol. The molecule has 4 heterocycles. The molecule has 0 bridgehead atoms. The topological polar surface area (TPSA) is 64.4 Å². The average Bonchev–Trinajstić information content (AvgIpc) is 3.43. The third-order valence-corrected chi connectivity index (χ3v) is 9.31. The molecule has 1 aliphatic carbocycles. The lowest BCUT2D eigenvalue weighted by atomic mass is 9.89. The van der Waals surface area contributed by atoms with Crippen LogP contribution in [0.5, 0.6) is 0 Å². The summed E-state index contributed by atoms with van der Waals surface area (Å²) in [5.74, 6) is 0.813. The van der Waals surface area contributed by atoms with Crippen LogP contribution in [0.3, 0.4) is 0 Å². The molecule has 0 spiro atoms. The predicted molar refractivity (Wildman–Crippen MR) is 130 cm³/mol. The molecule has 2 aromatic rings. The number of fused-ring (bicyclic) bond motifs is 3. The van der Waals surface area contributed by atoms with Crippen LogP contribution < -0.4 is 5.56 Å². The van der Waals surface area contributed by atoms with Crippen LogP contribution in [0.25, 0.3) is 10.2 Å². The van der Waals surface area contributed by atoms with Gasteiger partial charge in [-0.2, -0.15) is 0 Å². The standard InChI is InChI=1S/C24H33N3O3S2/c1-15-8-9-18-19(13-15)32-21-20(18)23(29)27(14-17-7-6-12-30-17)24(25-21)31-16(2)22(28)26-10-4-3-5-11-26/h15-17H,3-14H2,1-2H3. The first-order valence-electron chi connectivity index (χ1n) is 12.1. The lowest BCUT2D eigenvalue weighted by Crippen LogP contribution is -2.40. The lowest BCUT2D eigenvalue weighted by Gasteiger charge is -2.29. The van der Waals surface area contributed by atoms with Crippen LogP contribution in [0.15, 0.2) is 9.95 Å². The Morgan fingerprint density at radius 1 is 1.25 bits per heavy atom. The zero-order valence-electron chi connectivity index (χ0n) is 19.1. The van der Waals surface area contributed by atoms with E-state index in [1.54, 1.807) is 11.3 Å². The van der Waals surface area contributed by atoms with Crippen molar-refractivity contribution in [3.05, 3.63) is 20.8 Å². The Labute approximate surface area is 197 Å². The van der Waals surface area contributed by atoms with Gasteiger partial charge in [0.15, 0.2) is 5.16 Å². The van der Waals surface area contributed by atoms with Crippen LogP contribution in [0.2, 0.25) is 0 Å². The van der Waals surface area contributed by atoms with Crippen molar-refractivity contribution < 1.29 is 9.53 Å². The Kier molecular flexibility index (Phi) is 6.63. The van der Waals surface area contributed by atoms with Gasteiger partial charge >= 0.3 is 0 Å². The predicted octanol–water partition coefficient (Wildman–Crippen LogP) is 4.25. The van der Waals surface area contributed by atoms with Gasteiger partial charge in [0.25, 0.3) is 5.56 Å². The molecule has 6 nitrogen and oxygen atoms in total. The smallest absolute Gasteiger partial charge is 0.263 e. The molecule has 0 saturated carbocycles.